The SMILES string of the molecule is CC(C)(C)n1nc(-c2ccc(F)cc2)cc1C(F)(F)F. The van der Waals surface area contributed by atoms with Crippen molar-refractivity contribution < 1.29 is 17.6 Å². The van der Waals surface area contributed by atoms with Crippen molar-refractivity contribution in [2.45, 2.75) is 32.5 Å². The molecule has 0 unspecified atom stereocenters. The van der Waals surface area contributed by atoms with Gasteiger partial charge >= 0.3 is 6.18 Å². The summed E-state index contributed by atoms with van der Waals surface area (Å²) in [5.41, 5.74) is -1.00. The maximum Gasteiger partial charge on any atom is 0.433 e. The minimum absolute atomic E-state index is 0.173. The molecular weight excluding hydrogens is 272 g/mol. The van der Waals surface area contributed by atoms with Gasteiger partial charge in [0.15, 0.2) is 0 Å². The van der Waals surface area contributed by atoms with Gasteiger partial charge in [-0.15, -0.1) is 0 Å². The van der Waals surface area contributed by atoms with Crippen molar-refractivity contribution in [2.75, 3.05) is 0 Å². The van der Waals surface area contributed by atoms with Crippen molar-refractivity contribution in [1.82, 2.24) is 9.78 Å². The van der Waals surface area contributed by atoms with E-state index < -0.39 is 23.2 Å². The van der Waals surface area contributed by atoms with Crippen molar-refractivity contribution >= 4 is 0 Å². The second-order valence-corrected chi connectivity index (χ2v) is 5.50. The van der Waals surface area contributed by atoms with Crippen LogP contribution in [0.15, 0.2) is 30.3 Å². The summed E-state index contributed by atoms with van der Waals surface area (Å²) in [5.74, 6) is -0.444. The zero-order chi connectivity index (χ0) is 15.1. The Morgan fingerprint density at radius 1 is 1.00 bits per heavy atom. The Bertz CT molecular complexity index is 572. The molecule has 0 spiro atoms. The third-order valence-corrected chi connectivity index (χ3v) is 2.78. The number of nitrogens with zero attached hydrogens (tertiary/aromatic N) is 2. The van der Waals surface area contributed by atoms with Gasteiger partial charge in [0, 0.05) is 5.56 Å². The fourth-order valence-corrected chi connectivity index (χ4v) is 1.86. The largest absolute Gasteiger partial charge is 0.433 e. The van der Waals surface area contributed by atoms with Crippen LogP contribution in [0.1, 0.15) is 26.5 Å². The number of rotatable bonds is 1. The monoisotopic (exact) mass is 286 g/mol. The molecule has 1 aromatic heterocycles. The number of aromatic nitrogens is 2. The van der Waals surface area contributed by atoms with E-state index in [-0.39, 0.29) is 5.69 Å². The summed E-state index contributed by atoms with van der Waals surface area (Å²) < 4.78 is 53.0. The van der Waals surface area contributed by atoms with Crippen molar-refractivity contribution in [3.8, 4) is 11.3 Å². The number of hydrogen-bond donors (Lipinski definition) is 0. The predicted molar refractivity (Wildman–Crippen MR) is 67.6 cm³/mol. The highest BCUT2D eigenvalue weighted by Crippen LogP contribution is 2.35. The van der Waals surface area contributed by atoms with Crippen LogP contribution in [0.25, 0.3) is 11.3 Å². The lowest BCUT2D eigenvalue weighted by atomic mass is 10.1. The van der Waals surface area contributed by atoms with E-state index in [1.54, 1.807) is 20.8 Å². The molecule has 0 aliphatic carbocycles. The summed E-state index contributed by atoms with van der Waals surface area (Å²) in [7, 11) is 0. The third-order valence-electron chi connectivity index (χ3n) is 2.78. The van der Waals surface area contributed by atoms with E-state index >= 15 is 0 Å². The summed E-state index contributed by atoms with van der Waals surface area (Å²) in [6.07, 6.45) is -4.49. The van der Waals surface area contributed by atoms with Crippen LogP contribution in [0.3, 0.4) is 0 Å². The van der Waals surface area contributed by atoms with Crippen molar-refractivity contribution in [3.05, 3.63) is 41.8 Å². The van der Waals surface area contributed by atoms with E-state index in [1.165, 1.54) is 24.3 Å². The summed E-state index contributed by atoms with van der Waals surface area (Å²) in [6.45, 7) is 4.93. The van der Waals surface area contributed by atoms with E-state index in [4.69, 9.17) is 0 Å². The third kappa shape index (κ3) is 2.84. The highest BCUT2D eigenvalue weighted by atomic mass is 19.4. The lowest BCUT2D eigenvalue weighted by Gasteiger charge is -2.23. The quantitative estimate of drug-likeness (QED) is 0.707. The van der Waals surface area contributed by atoms with Gasteiger partial charge in [-0.3, -0.25) is 4.68 Å². The predicted octanol–water partition coefficient (Wildman–Crippen LogP) is 4.46. The van der Waals surface area contributed by atoms with E-state index in [0.717, 1.165) is 10.7 Å². The first-order valence-electron chi connectivity index (χ1n) is 6.03. The van der Waals surface area contributed by atoms with Gasteiger partial charge in [0.05, 0.1) is 11.2 Å². The maximum atomic E-state index is 13.1. The zero-order valence-electron chi connectivity index (χ0n) is 11.3. The van der Waals surface area contributed by atoms with E-state index in [2.05, 4.69) is 5.10 Å². The van der Waals surface area contributed by atoms with Gasteiger partial charge < -0.3 is 0 Å². The molecule has 20 heavy (non-hydrogen) atoms. The number of alkyl halides is 3. The highest BCUT2D eigenvalue weighted by molar-refractivity contribution is 5.59. The molecule has 0 radical (unpaired) electrons. The van der Waals surface area contributed by atoms with Gasteiger partial charge in [-0.1, -0.05) is 0 Å². The molecule has 108 valence electrons. The van der Waals surface area contributed by atoms with Crippen LogP contribution in [0.2, 0.25) is 0 Å². The van der Waals surface area contributed by atoms with Crippen LogP contribution in [0, 0.1) is 5.82 Å². The summed E-state index contributed by atoms with van der Waals surface area (Å²) in [4.78, 5) is 0. The Morgan fingerprint density at radius 3 is 1.95 bits per heavy atom. The molecule has 0 saturated carbocycles. The van der Waals surface area contributed by atoms with Crippen molar-refractivity contribution in [2.24, 2.45) is 0 Å². The molecule has 0 amide bonds. The van der Waals surface area contributed by atoms with Crippen LogP contribution >= 0.6 is 0 Å². The first kappa shape index (κ1) is 14.6. The maximum absolute atomic E-state index is 13.1. The van der Waals surface area contributed by atoms with Crippen LogP contribution in [-0.4, -0.2) is 9.78 Å². The number of hydrogen-bond acceptors (Lipinski definition) is 1. The summed E-state index contributed by atoms with van der Waals surface area (Å²) >= 11 is 0. The molecule has 0 saturated heterocycles. The average molecular weight is 286 g/mol. The van der Waals surface area contributed by atoms with E-state index in [0.29, 0.717) is 5.56 Å². The molecule has 0 fully saturated rings. The molecule has 0 atom stereocenters. The summed E-state index contributed by atoms with van der Waals surface area (Å²) in [6, 6.07) is 6.19. The Labute approximate surface area is 114 Å². The van der Waals surface area contributed by atoms with Gasteiger partial charge in [-0.2, -0.15) is 18.3 Å². The zero-order valence-corrected chi connectivity index (χ0v) is 11.3. The first-order valence-corrected chi connectivity index (χ1v) is 6.03. The molecule has 6 heteroatoms. The second kappa shape index (κ2) is 4.61. The normalized spacial score (nSPS) is 12.8. The van der Waals surface area contributed by atoms with Gasteiger partial charge in [0.1, 0.15) is 11.5 Å². The van der Waals surface area contributed by atoms with Crippen molar-refractivity contribution in [3.63, 3.8) is 0 Å². The van der Waals surface area contributed by atoms with E-state index in [1.807, 2.05) is 0 Å². The average Bonchev–Trinajstić information content (AvgIpc) is 2.74. The minimum atomic E-state index is -4.49. The van der Waals surface area contributed by atoms with E-state index in [9.17, 15) is 17.6 Å². The Hall–Kier alpha value is -1.85. The summed E-state index contributed by atoms with van der Waals surface area (Å²) in [5, 5.41) is 4.02. The Balaban J connectivity index is 2.57. The standard InChI is InChI=1S/C14H14F4N2/c1-13(2,3)20-12(14(16,17)18)8-11(19-20)9-4-6-10(15)7-5-9/h4-8H,1-3H3. The van der Waals surface area contributed by atoms with Crippen molar-refractivity contribution in [1.29, 1.82) is 0 Å². The van der Waals surface area contributed by atoms with Crippen LogP contribution < -0.4 is 0 Å². The molecule has 2 nitrogen and oxygen atoms in total. The molecule has 0 bridgehead atoms. The highest BCUT2D eigenvalue weighted by Gasteiger charge is 2.38. The topological polar surface area (TPSA) is 17.8 Å². The smallest absolute Gasteiger partial charge is 0.255 e. The fraction of sp³-hybridized carbons (Fsp3) is 0.357. The molecular formula is C14H14F4N2. The van der Waals surface area contributed by atoms with Crippen LogP contribution in [0.4, 0.5) is 17.6 Å². The Morgan fingerprint density at radius 2 is 1.55 bits per heavy atom. The minimum Gasteiger partial charge on any atom is -0.255 e. The van der Waals surface area contributed by atoms with Gasteiger partial charge in [-0.25, -0.2) is 4.39 Å². The Kier molecular flexibility index (Phi) is 3.36. The first-order chi connectivity index (χ1) is 9.09. The van der Waals surface area contributed by atoms with Gasteiger partial charge in [0.25, 0.3) is 0 Å². The molecule has 2 aromatic rings. The lowest BCUT2D eigenvalue weighted by Crippen LogP contribution is -2.28. The van der Waals surface area contributed by atoms with Gasteiger partial charge in [-0.05, 0) is 51.1 Å². The molecule has 0 aliphatic heterocycles. The second-order valence-electron chi connectivity index (χ2n) is 5.50. The molecule has 0 aliphatic rings. The van der Waals surface area contributed by atoms with Crippen LogP contribution in [-0.2, 0) is 11.7 Å². The molecule has 1 heterocycles. The molecule has 1 aromatic carbocycles. The molecule has 0 N–H and O–H groups in total. The van der Waals surface area contributed by atoms with Gasteiger partial charge in [0.2, 0.25) is 0 Å². The number of benzene rings is 1. The van der Waals surface area contributed by atoms with Crippen LogP contribution in [0.5, 0.6) is 0 Å². The number of halogens is 4. The fourth-order valence-electron chi connectivity index (χ4n) is 1.86. The molecule has 2 rings (SSSR count). The lowest BCUT2D eigenvalue weighted by molar-refractivity contribution is -0.146.